The van der Waals surface area contributed by atoms with E-state index in [1.54, 1.807) is 10.9 Å². The van der Waals surface area contributed by atoms with Crippen LogP contribution in [0.4, 0.5) is 0 Å². The zero-order chi connectivity index (χ0) is 13.2. The molecular weight excluding hydrogens is 240 g/mol. The highest BCUT2D eigenvalue weighted by atomic mass is 16.5. The molecule has 3 aromatic rings. The van der Waals surface area contributed by atoms with Gasteiger partial charge in [-0.3, -0.25) is 9.67 Å². The summed E-state index contributed by atoms with van der Waals surface area (Å²) in [5.74, 6) is 1.45. The number of nitrogens with two attached hydrogens (primary N) is 1. The molecule has 0 fully saturated rings. The first kappa shape index (κ1) is 11.7. The van der Waals surface area contributed by atoms with E-state index in [0.29, 0.717) is 12.3 Å². The number of pyridine rings is 1. The highest BCUT2D eigenvalue weighted by Crippen LogP contribution is 2.29. The second-order valence-electron chi connectivity index (χ2n) is 4.28. The number of aryl methyl sites for hydroxylation is 1. The van der Waals surface area contributed by atoms with Crippen LogP contribution in [0.1, 0.15) is 5.69 Å². The third kappa shape index (κ3) is 2.28. The largest absolute Gasteiger partial charge is 0.453 e. The summed E-state index contributed by atoms with van der Waals surface area (Å²) in [6.07, 6.45) is 3.49. The minimum Gasteiger partial charge on any atom is -0.453 e. The van der Waals surface area contributed by atoms with Gasteiger partial charge in [-0.1, -0.05) is 12.1 Å². The smallest absolute Gasteiger partial charge is 0.165 e. The van der Waals surface area contributed by atoms with Gasteiger partial charge in [0, 0.05) is 25.0 Å². The molecule has 0 saturated heterocycles. The molecule has 0 unspecified atom stereocenters. The topological polar surface area (TPSA) is 66.0 Å². The lowest BCUT2D eigenvalue weighted by Crippen LogP contribution is -2.00. The molecule has 0 saturated carbocycles. The Morgan fingerprint density at radius 1 is 1.32 bits per heavy atom. The Morgan fingerprint density at radius 3 is 2.89 bits per heavy atom. The van der Waals surface area contributed by atoms with E-state index in [4.69, 9.17) is 10.5 Å². The van der Waals surface area contributed by atoms with Crippen molar-refractivity contribution < 1.29 is 4.74 Å². The number of rotatable bonds is 3. The van der Waals surface area contributed by atoms with Gasteiger partial charge in [-0.25, -0.2) is 0 Å². The summed E-state index contributed by atoms with van der Waals surface area (Å²) >= 11 is 0. The van der Waals surface area contributed by atoms with Crippen LogP contribution in [0.2, 0.25) is 0 Å². The predicted octanol–water partition coefficient (Wildman–Crippen LogP) is 2.22. The number of aromatic nitrogens is 3. The molecule has 0 aliphatic carbocycles. The zero-order valence-electron chi connectivity index (χ0n) is 10.6. The van der Waals surface area contributed by atoms with E-state index in [0.717, 1.165) is 22.3 Å². The Morgan fingerprint density at radius 2 is 2.16 bits per heavy atom. The van der Waals surface area contributed by atoms with Crippen LogP contribution in [-0.2, 0) is 13.6 Å². The monoisotopic (exact) mass is 254 g/mol. The van der Waals surface area contributed by atoms with Crippen LogP contribution < -0.4 is 10.5 Å². The minimum atomic E-state index is 0.383. The van der Waals surface area contributed by atoms with E-state index in [1.807, 2.05) is 43.6 Å². The van der Waals surface area contributed by atoms with Gasteiger partial charge in [0.25, 0.3) is 0 Å². The second kappa shape index (κ2) is 4.70. The third-order valence-electron chi connectivity index (χ3n) is 2.85. The number of nitrogens with zero attached hydrogens (tertiary/aromatic N) is 3. The molecule has 96 valence electrons. The Bertz CT molecular complexity index is 720. The van der Waals surface area contributed by atoms with Gasteiger partial charge < -0.3 is 10.5 Å². The molecule has 3 rings (SSSR count). The molecule has 5 heteroatoms. The number of para-hydroxylation sites is 1. The Balaban J connectivity index is 2.10. The molecule has 0 bridgehead atoms. The first-order valence-corrected chi connectivity index (χ1v) is 6.01. The van der Waals surface area contributed by atoms with E-state index >= 15 is 0 Å². The van der Waals surface area contributed by atoms with Crippen LogP contribution in [0.3, 0.4) is 0 Å². The number of fused-ring (bicyclic) bond motifs is 1. The highest BCUT2D eigenvalue weighted by molar-refractivity contribution is 5.85. The number of hydrogen-bond acceptors (Lipinski definition) is 4. The van der Waals surface area contributed by atoms with Crippen LogP contribution in [0.15, 0.2) is 42.7 Å². The van der Waals surface area contributed by atoms with Gasteiger partial charge in [-0.05, 0) is 12.1 Å². The van der Waals surface area contributed by atoms with E-state index in [-0.39, 0.29) is 0 Å². The van der Waals surface area contributed by atoms with Crippen LogP contribution in [0.5, 0.6) is 11.5 Å². The standard InChI is InChI=1S/C14H14N4O/c1-18-9-11(8-16-18)19-14-6-10(7-15)17-13-5-3-2-4-12(13)14/h2-6,8-9H,7,15H2,1H3. The van der Waals surface area contributed by atoms with Crippen molar-refractivity contribution in [3.05, 3.63) is 48.4 Å². The van der Waals surface area contributed by atoms with E-state index in [1.165, 1.54) is 0 Å². The molecule has 0 radical (unpaired) electrons. The van der Waals surface area contributed by atoms with Crippen molar-refractivity contribution in [3.8, 4) is 11.5 Å². The molecule has 2 N–H and O–H groups in total. The summed E-state index contributed by atoms with van der Waals surface area (Å²) < 4.78 is 7.57. The minimum absolute atomic E-state index is 0.383. The summed E-state index contributed by atoms with van der Waals surface area (Å²) in [4.78, 5) is 4.48. The molecule has 0 aliphatic rings. The van der Waals surface area contributed by atoms with Crippen molar-refractivity contribution in [2.24, 2.45) is 12.8 Å². The molecule has 5 nitrogen and oxygen atoms in total. The van der Waals surface area contributed by atoms with Crippen molar-refractivity contribution >= 4 is 10.9 Å². The van der Waals surface area contributed by atoms with Crippen LogP contribution in [-0.4, -0.2) is 14.8 Å². The van der Waals surface area contributed by atoms with Gasteiger partial charge in [0.15, 0.2) is 5.75 Å². The average molecular weight is 254 g/mol. The quantitative estimate of drug-likeness (QED) is 0.778. The fourth-order valence-corrected chi connectivity index (χ4v) is 1.96. The van der Waals surface area contributed by atoms with E-state index in [9.17, 15) is 0 Å². The highest BCUT2D eigenvalue weighted by Gasteiger charge is 2.08. The zero-order valence-corrected chi connectivity index (χ0v) is 10.6. The molecular formula is C14H14N4O. The molecule has 2 aromatic heterocycles. The lowest BCUT2D eigenvalue weighted by Gasteiger charge is -2.08. The molecule has 19 heavy (non-hydrogen) atoms. The summed E-state index contributed by atoms with van der Waals surface area (Å²) in [6, 6.07) is 9.71. The van der Waals surface area contributed by atoms with Crippen LogP contribution in [0, 0.1) is 0 Å². The molecule has 0 atom stereocenters. The van der Waals surface area contributed by atoms with Gasteiger partial charge in [0.1, 0.15) is 5.75 Å². The van der Waals surface area contributed by atoms with Gasteiger partial charge >= 0.3 is 0 Å². The fourth-order valence-electron chi connectivity index (χ4n) is 1.96. The number of ether oxygens (including phenoxy) is 1. The maximum atomic E-state index is 5.88. The van der Waals surface area contributed by atoms with Crippen molar-refractivity contribution in [2.45, 2.75) is 6.54 Å². The molecule has 0 amide bonds. The number of hydrogen-bond donors (Lipinski definition) is 1. The normalized spacial score (nSPS) is 10.8. The van der Waals surface area contributed by atoms with Crippen LogP contribution in [0.25, 0.3) is 10.9 Å². The predicted molar refractivity (Wildman–Crippen MR) is 72.9 cm³/mol. The maximum absolute atomic E-state index is 5.88. The lowest BCUT2D eigenvalue weighted by atomic mass is 10.2. The van der Waals surface area contributed by atoms with Crippen molar-refractivity contribution in [2.75, 3.05) is 0 Å². The maximum Gasteiger partial charge on any atom is 0.165 e. The summed E-state index contributed by atoms with van der Waals surface area (Å²) in [5.41, 5.74) is 7.36. The van der Waals surface area contributed by atoms with Crippen LogP contribution >= 0.6 is 0 Å². The van der Waals surface area contributed by atoms with Gasteiger partial charge in [0.05, 0.1) is 23.6 Å². The summed E-state index contributed by atoms with van der Waals surface area (Å²) in [5, 5.41) is 5.05. The second-order valence-corrected chi connectivity index (χ2v) is 4.28. The van der Waals surface area contributed by atoms with Crippen molar-refractivity contribution in [1.82, 2.24) is 14.8 Å². The van der Waals surface area contributed by atoms with Crippen molar-refractivity contribution in [3.63, 3.8) is 0 Å². The lowest BCUT2D eigenvalue weighted by molar-refractivity contribution is 0.486. The first-order chi connectivity index (χ1) is 9.26. The Kier molecular flexibility index (Phi) is 2.89. The molecule has 2 heterocycles. The van der Waals surface area contributed by atoms with E-state index in [2.05, 4.69) is 10.1 Å². The molecule has 1 aromatic carbocycles. The number of benzene rings is 1. The summed E-state index contributed by atoms with van der Waals surface area (Å²) in [7, 11) is 1.85. The van der Waals surface area contributed by atoms with Crippen molar-refractivity contribution in [1.29, 1.82) is 0 Å². The fraction of sp³-hybridized carbons (Fsp3) is 0.143. The van der Waals surface area contributed by atoms with E-state index < -0.39 is 0 Å². The Labute approximate surface area is 110 Å². The van der Waals surface area contributed by atoms with Gasteiger partial charge in [0.2, 0.25) is 0 Å². The summed E-state index contributed by atoms with van der Waals surface area (Å²) in [6.45, 7) is 0.383. The molecule has 0 spiro atoms. The Hall–Kier alpha value is -2.40. The SMILES string of the molecule is Cn1cc(Oc2cc(CN)nc3ccccc23)cn1. The molecule has 0 aliphatic heterocycles. The van der Waals surface area contributed by atoms with Gasteiger partial charge in [-0.15, -0.1) is 0 Å². The first-order valence-electron chi connectivity index (χ1n) is 6.01. The third-order valence-corrected chi connectivity index (χ3v) is 2.85. The van der Waals surface area contributed by atoms with Gasteiger partial charge in [-0.2, -0.15) is 5.10 Å². The average Bonchev–Trinajstić information content (AvgIpc) is 2.84.